The monoisotopic (exact) mass is 360 g/mol. The first-order valence-corrected chi connectivity index (χ1v) is 8.46. The van der Waals surface area contributed by atoms with Gasteiger partial charge in [0.25, 0.3) is 0 Å². The second kappa shape index (κ2) is 6.83. The van der Waals surface area contributed by atoms with Crippen LogP contribution >= 0.6 is 0 Å². The number of halogens is 2. The summed E-state index contributed by atoms with van der Waals surface area (Å²) in [6.45, 7) is 0. The van der Waals surface area contributed by atoms with Gasteiger partial charge in [0.1, 0.15) is 17.2 Å². The maximum absolute atomic E-state index is 13.7. The Kier molecular flexibility index (Phi) is 4.37. The number of benzene rings is 1. The fourth-order valence-corrected chi connectivity index (χ4v) is 3.06. The zero-order valence-electron chi connectivity index (χ0n) is 13.8. The van der Waals surface area contributed by atoms with Gasteiger partial charge in [-0.05, 0) is 37.8 Å². The van der Waals surface area contributed by atoms with E-state index in [1.54, 1.807) is 6.20 Å². The fourth-order valence-electron chi connectivity index (χ4n) is 3.06. The third-order valence-electron chi connectivity index (χ3n) is 4.45. The summed E-state index contributed by atoms with van der Waals surface area (Å²) >= 11 is 0. The molecule has 9 heteroatoms. The Labute approximate surface area is 147 Å². The third kappa shape index (κ3) is 3.57. The highest BCUT2D eigenvalue weighted by Gasteiger charge is 2.20. The minimum atomic E-state index is -0.710. The summed E-state index contributed by atoms with van der Waals surface area (Å²) in [7, 11) is 0. The average Bonchev–Trinajstić information content (AvgIpc) is 3.01. The van der Waals surface area contributed by atoms with Gasteiger partial charge in [-0.2, -0.15) is 9.97 Å². The normalized spacial score (nSPS) is 20.3. The Balaban J connectivity index is 1.50. The van der Waals surface area contributed by atoms with E-state index in [1.807, 2.05) is 0 Å². The summed E-state index contributed by atoms with van der Waals surface area (Å²) in [5.41, 5.74) is 1.14. The summed E-state index contributed by atoms with van der Waals surface area (Å²) in [4.78, 5) is 15.9. The van der Waals surface area contributed by atoms with Crippen molar-refractivity contribution in [1.82, 2.24) is 19.9 Å². The summed E-state index contributed by atoms with van der Waals surface area (Å²) in [6.07, 6.45) is 4.63. The molecule has 1 fully saturated rings. The molecule has 2 heterocycles. The Morgan fingerprint density at radius 1 is 1.12 bits per heavy atom. The van der Waals surface area contributed by atoms with Crippen LogP contribution in [-0.4, -0.2) is 37.2 Å². The highest BCUT2D eigenvalue weighted by molar-refractivity contribution is 5.74. The van der Waals surface area contributed by atoms with E-state index in [9.17, 15) is 13.9 Å². The van der Waals surface area contributed by atoms with Crippen LogP contribution in [0.2, 0.25) is 0 Å². The highest BCUT2D eigenvalue weighted by atomic mass is 19.1. The van der Waals surface area contributed by atoms with Crippen LogP contribution in [0.4, 0.5) is 26.4 Å². The van der Waals surface area contributed by atoms with Gasteiger partial charge >= 0.3 is 0 Å². The number of rotatable bonds is 4. The lowest BCUT2D eigenvalue weighted by Gasteiger charge is -2.25. The summed E-state index contributed by atoms with van der Waals surface area (Å²) < 4.78 is 26.7. The molecule has 0 unspecified atom stereocenters. The summed E-state index contributed by atoms with van der Waals surface area (Å²) in [5, 5.41) is 15.6. The van der Waals surface area contributed by atoms with Crippen LogP contribution < -0.4 is 10.6 Å². The second-order valence-electron chi connectivity index (χ2n) is 6.42. The number of H-pyrrole nitrogens is 1. The zero-order valence-corrected chi connectivity index (χ0v) is 13.8. The molecule has 1 aliphatic carbocycles. The molecule has 7 nitrogen and oxygen atoms in total. The molecule has 0 radical (unpaired) electrons. The number of imidazole rings is 1. The fraction of sp³-hybridized carbons (Fsp3) is 0.353. The molecule has 1 aliphatic rings. The van der Waals surface area contributed by atoms with Crippen LogP contribution in [0.25, 0.3) is 11.2 Å². The Morgan fingerprint density at radius 3 is 2.69 bits per heavy atom. The van der Waals surface area contributed by atoms with Crippen molar-refractivity contribution < 1.29 is 13.9 Å². The van der Waals surface area contributed by atoms with Crippen LogP contribution in [0.1, 0.15) is 25.7 Å². The predicted octanol–water partition coefficient (Wildman–Crippen LogP) is 3.09. The maximum atomic E-state index is 13.7. The molecule has 0 atom stereocenters. The third-order valence-corrected chi connectivity index (χ3v) is 4.45. The maximum Gasteiger partial charge on any atom is 0.225 e. The van der Waals surface area contributed by atoms with Gasteiger partial charge in [0.2, 0.25) is 11.9 Å². The molecular formula is C17H18F2N6O. The van der Waals surface area contributed by atoms with Gasteiger partial charge in [-0.15, -0.1) is 0 Å². The number of hydrogen-bond acceptors (Lipinski definition) is 6. The van der Waals surface area contributed by atoms with Gasteiger partial charge in [0.15, 0.2) is 5.65 Å². The Bertz CT molecular complexity index is 923. The Hall–Kier alpha value is -2.81. The molecule has 1 aromatic carbocycles. The van der Waals surface area contributed by atoms with Crippen LogP contribution in [-0.2, 0) is 0 Å². The van der Waals surface area contributed by atoms with Crippen LogP contribution in [0.5, 0.6) is 0 Å². The van der Waals surface area contributed by atoms with Crippen molar-refractivity contribution in [2.24, 2.45) is 0 Å². The van der Waals surface area contributed by atoms with E-state index < -0.39 is 11.6 Å². The number of aromatic nitrogens is 4. The van der Waals surface area contributed by atoms with Crippen molar-refractivity contribution in [1.29, 1.82) is 0 Å². The molecule has 0 saturated heterocycles. The van der Waals surface area contributed by atoms with E-state index in [4.69, 9.17) is 0 Å². The molecule has 0 bridgehead atoms. The highest BCUT2D eigenvalue weighted by Crippen LogP contribution is 2.23. The SMILES string of the molecule is OC1CCC(Nc2ncc3[nH]c(Nc4ccc(F)cc4F)nc3n2)CC1. The molecule has 4 rings (SSSR count). The topological polar surface area (TPSA) is 98.8 Å². The Morgan fingerprint density at radius 2 is 1.92 bits per heavy atom. The minimum Gasteiger partial charge on any atom is -0.393 e. The molecule has 1 saturated carbocycles. The first-order valence-electron chi connectivity index (χ1n) is 8.46. The molecule has 0 spiro atoms. The van der Waals surface area contributed by atoms with E-state index in [-0.39, 0.29) is 23.8 Å². The van der Waals surface area contributed by atoms with Crippen molar-refractivity contribution in [3.63, 3.8) is 0 Å². The number of aliphatic hydroxyl groups is 1. The lowest BCUT2D eigenvalue weighted by molar-refractivity contribution is 0.126. The molecule has 26 heavy (non-hydrogen) atoms. The molecule has 4 N–H and O–H groups in total. The second-order valence-corrected chi connectivity index (χ2v) is 6.42. The number of nitrogens with one attached hydrogen (secondary N) is 3. The van der Waals surface area contributed by atoms with E-state index in [0.29, 0.717) is 17.1 Å². The van der Waals surface area contributed by atoms with Crippen molar-refractivity contribution in [2.45, 2.75) is 37.8 Å². The zero-order chi connectivity index (χ0) is 18.1. The standard InChI is InChI=1S/C17H18F2N6O/c18-9-1-6-13(12(19)7-9)22-17-23-14-8-20-16(24-15(14)25-17)21-10-2-4-11(26)5-3-10/h1,6-8,10-11,26H,2-5H2,(H3,20,21,22,23,24,25). The van der Waals surface area contributed by atoms with E-state index in [1.165, 1.54) is 6.07 Å². The summed E-state index contributed by atoms with van der Waals surface area (Å²) in [5.74, 6) is -0.601. The summed E-state index contributed by atoms with van der Waals surface area (Å²) in [6, 6.07) is 3.49. The van der Waals surface area contributed by atoms with Gasteiger partial charge < -0.3 is 20.7 Å². The quantitative estimate of drug-likeness (QED) is 0.571. The van der Waals surface area contributed by atoms with E-state index >= 15 is 0 Å². The smallest absolute Gasteiger partial charge is 0.225 e. The predicted molar refractivity (Wildman–Crippen MR) is 93.2 cm³/mol. The van der Waals surface area contributed by atoms with Crippen LogP contribution in [0, 0.1) is 11.6 Å². The molecule has 0 amide bonds. The number of hydrogen-bond donors (Lipinski definition) is 4. The lowest BCUT2D eigenvalue weighted by atomic mass is 9.93. The molecule has 136 valence electrons. The van der Waals surface area contributed by atoms with Gasteiger partial charge in [-0.1, -0.05) is 0 Å². The van der Waals surface area contributed by atoms with Crippen molar-refractivity contribution in [3.05, 3.63) is 36.0 Å². The largest absolute Gasteiger partial charge is 0.393 e. The lowest BCUT2D eigenvalue weighted by Crippen LogP contribution is -2.28. The van der Waals surface area contributed by atoms with Crippen molar-refractivity contribution in [2.75, 3.05) is 10.6 Å². The van der Waals surface area contributed by atoms with Gasteiger partial charge in [0, 0.05) is 12.1 Å². The number of nitrogens with zero attached hydrogens (tertiary/aromatic N) is 3. The van der Waals surface area contributed by atoms with Crippen LogP contribution in [0.15, 0.2) is 24.4 Å². The molecule has 0 aliphatic heterocycles. The van der Waals surface area contributed by atoms with Crippen molar-refractivity contribution in [3.8, 4) is 0 Å². The van der Waals surface area contributed by atoms with Crippen molar-refractivity contribution >= 4 is 28.7 Å². The first-order chi connectivity index (χ1) is 12.6. The van der Waals surface area contributed by atoms with Crippen LogP contribution in [0.3, 0.4) is 0 Å². The number of aromatic amines is 1. The van der Waals surface area contributed by atoms with Gasteiger partial charge in [0.05, 0.1) is 18.0 Å². The number of fused-ring (bicyclic) bond motifs is 1. The van der Waals surface area contributed by atoms with Gasteiger partial charge in [-0.3, -0.25) is 0 Å². The van der Waals surface area contributed by atoms with Gasteiger partial charge in [-0.25, -0.2) is 13.8 Å². The number of anilines is 3. The molecule has 3 aromatic rings. The average molecular weight is 360 g/mol. The molecular weight excluding hydrogens is 342 g/mol. The molecule has 2 aromatic heterocycles. The van der Waals surface area contributed by atoms with E-state index in [0.717, 1.165) is 37.8 Å². The van der Waals surface area contributed by atoms with E-state index in [2.05, 4.69) is 30.6 Å². The number of aliphatic hydroxyl groups excluding tert-OH is 1. The minimum absolute atomic E-state index is 0.109. The first kappa shape index (κ1) is 16.6.